The highest BCUT2D eigenvalue weighted by Crippen LogP contribution is 2.17. The Morgan fingerprint density at radius 3 is 3.00 bits per heavy atom. The highest BCUT2D eigenvalue weighted by molar-refractivity contribution is 6.31. The van der Waals surface area contributed by atoms with Crippen LogP contribution in [0.5, 0.6) is 0 Å². The normalized spacial score (nSPS) is 10.5. The van der Waals surface area contributed by atoms with Crippen LogP contribution in [-0.4, -0.2) is 21.1 Å². The Morgan fingerprint density at radius 2 is 2.29 bits per heavy atom. The number of rotatable bonds is 5. The number of halogens is 1. The van der Waals surface area contributed by atoms with E-state index in [1.807, 2.05) is 22.9 Å². The fraction of sp³-hybridized carbons (Fsp3) is 0.333. The molecule has 2 aromatic heterocycles. The minimum Gasteiger partial charge on any atom is -0.370 e. The van der Waals surface area contributed by atoms with Gasteiger partial charge in [-0.1, -0.05) is 18.5 Å². The van der Waals surface area contributed by atoms with Gasteiger partial charge >= 0.3 is 0 Å². The van der Waals surface area contributed by atoms with Crippen LogP contribution in [0.4, 0.5) is 5.82 Å². The molecule has 2 aromatic rings. The maximum Gasteiger partial charge on any atom is 0.126 e. The number of pyridine rings is 1. The Bertz CT molecular complexity index is 467. The predicted molar refractivity (Wildman–Crippen MR) is 69.4 cm³/mol. The molecule has 0 aliphatic heterocycles. The minimum atomic E-state index is 0.639. The van der Waals surface area contributed by atoms with Crippen molar-refractivity contribution in [2.45, 2.75) is 19.9 Å². The van der Waals surface area contributed by atoms with E-state index in [4.69, 9.17) is 11.6 Å². The zero-order chi connectivity index (χ0) is 12.1. The van der Waals surface area contributed by atoms with Gasteiger partial charge in [0.15, 0.2) is 0 Å². The van der Waals surface area contributed by atoms with Crippen molar-refractivity contribution >= 4 is 17.4 Å². The average molecular weight is 251 g/mol. The first kappa shape index (κ1) is 11.9. The molecule has 0 saturated carbocycles. The molecule has 5 heteroatoms. The first-order chi connectivity index (χ1) is 8.29. The van der Waals surface area contributed by atoms with Gasteiger partial charge in [-0.2, -0.15) is 0 Å². The molecule has 0 spiro atoms. The van der Waals surface area contributed by atoms with Gasteiger partial charge in [-0.15, -0.1) is 0 Å². The summed E-state index contributed by atoms with van der Waals surface area (Å²) < 4.78 is 1.94. The Balaban J connectivity index is 2.14. The van der Waals surface area contributed by atoms with Gasteiger partial charge in [-0.3, -0.25) is 0 Å². The first-order valence-corrected chi connectivity index (χ1v) is 6.02. The molecule has 1 N–H and O–H groups in total. The number of imidazole rings is 1. The fourth-order valence-electron chi connectivity index (χ4n) is 1.50. The van der Waals surface area contributed by atoms with Crippen LogP contribution in [0, 0.1) is 0 Å². The van der Waals surface area contributed by atoms with Crippen molar-refractivity contribution in [3.05, 3.63) is 41.6 Å². The average Bonchev–Trinajstić information content (AvgIpc) is 2.83. The highest BCUT2D eigenvalue weighted by atomic mass is 35.5. The summed E-state index contributed by atoms with van der Waals surface area (Å²) in [4.78, 5) is 8.49. The van der Waals surface area contributed by atoms with E-state index < -0.39 is 0 Å². The molecule has 0 saturated heterocycles. The van der Waals surface area contributed by atoms with Gasteiger partial charge in [0.1, 0.15) is 5.82 Å². The summed E-state index contributed by atoms with van der Waals surface area (Å²) in [5, 5.41) is 3.93. The van der Waals surface area contributed by atoms with E-state index in [0.29, 0.717) is 11.6 Å². The SMILES string of the molecule is CCCNc1ccc(Cl)c(Cn2ccnc2)n1. The molecule has 2 heterocycles. The van der Waals surface area contributed by atoms with Gasteiger partial charge in [0.25, 0.3) is 0 Å². The Kier molecular flexibility index (Phi) is 3.98. The third-order valence-electron chi connectivity index (χ3n) is 2.37. The summed E-state index contributed by atoms with van der Waals surface area (Å²) in [6.45, 7) is 3.68. The van der Waals surface area contributed by atoms with Crippen molar-refractivity contribution in [2.75, 3.05) is 11.9 Å². The second-order valence-corrected chi connectivity index (χ2v) is 4.19. The van der Waals surface area contributed by atoms with E-state index in [1.54, 1.807) is 12.5 Å². The van der Waals surface area contributed by atoms with Gasteiger partial charge in [0.2, 0.25) is 0 Å². The van der Waals surface area contributed by atoms with Crippen LogP contribution < -0.4 is 5.32 Å². The number of hydrogen-bond donors (Lipinski definition) is 1. The predicted octanol–water partition coefficient (Wildman–Crippen LogP) is 2.80. The molecule has 2 rings (SSSR count). The highest BCUT2D eigenvalue weighted by Gasteiger charge is 2.04. The third-order valence-corrected chi connectivity index (χ3v) is 2.71. The number of hydrogen-bond acceptors (Lipinski definition) is 3. The van der Waals surface area contributed by atoms with Gasteiger partial charge in [-0.25, -0.2) is 9.97 Å². The Hall–Kier alpha value is -1.55. The monoisotopic (exact) mass is 250 g/mol. The van der Waals surface area contributed by atoms with Crippen molar-refractivity contribution in [3.8, 4) is 0 Å². The summed E-state index contributed by atoms with van der Waals surface area (Å²) in [7, 11) is 0. The Labute approximate surface area is 106 Å². The molecule has 0 fully saturated rings. The molecular formula is C12H15ClN4. The van der Waals surface area contributed by atoms with E-state index in [9.17, 15) is 0 Å². The summed E-state index contributed by atoms with van der Waals surface area (Å²) in [6, 6.07) is 3.77. The fourth-order valence-corrected chi connectivity index (χ4v) is 1.66. The third kappa shape index (κ3) is 3.20. The van der Waals surface area contributed by atoms with Crippen molar-refractivity contribution in [3.63, 3.8) is 0 Å². The molecule has 17 heavy (non-hydrogen) atoms. The van der Waals surface area contributed by atoms with E-state index in [2.05, 4.69) is 22.2 Å². The second kappa shape index (κ2) is 5.68. The lowest BCUT2D eigenvalue weighted by molar-refractivity contribution is 0.773. The van der Waals surface area contributed by atoms with Gasteiger partial charge in [0.05, 0.1) is 23.6 Å². The molecule has 0 amide bonds. The largest absolute Gasteiger partial charge is 0.370 e. The molecule has 0 radical (unpaired) electrons. The summed E-state index contributed by atoms with van der Waals surface area (Å²) in [6.07, 6.45) is 6.46. The minimum absolute atomic E-state index is 0.639. The first-order valence-electron chi connectivity index (χ1n) is 5.64. The van der Waals surface area contributed by atoms with Gasteiger partial charge < -0.3 is 9.88 Å². The van der Waals surface area contributed by atoms with E-state index in [-0.39, 0.29) is 0 Å². The van der Waals surface area contributed by atoms with Crippen molar-refractivity contribution in [2.24, 2.45) is 0 Å². The van der Waals surface area contributed by atoms with Crippen LogP contribution in [0.1, 0.15) is 19.0 Å². The number of aromatic nitrogens is 3. The topological polar surface area (TPSA) is 42.7 Å². The number of anilines is 1. The van der Waals surface area contributed by atoms with Crippen LogP contribution in [-0.2, 0) is 6.54 Å². The van der Waals surface area contributed by atoms with Crippen LogP contribution in [0.2, 0.25) is 5.02 Å². The summed E-state index contributed by atoms with van der Waals surface area (Å²) >= 11 is 6.12. The van der Waals surface area contributed by atoms with Crippen LogP contribution in [0.15, 0.2) is 30.9 Å². The number of nitrogens with zero attached hydrogens (tertiary/aromatic N) is 3. The zero-order valence-electron chi connectivity index (χ0n) is 9.73. The number of nitrogens with one attached hydrogen (secondary N) is 1. The maximum absolute atomic E-state index is 6.12. The Morgan fingerprint density at radius 1 is 1.41 bits per heavy atom. The lowest BCUT2D eigenvalue weighted by Gasteiger charge is -2.08. The summed E-state index contributed by atoms with van der Waals surface area (Å²) in [5.41, 5.74) is 0.853. The zero-order valence-corrected chi connectivity index (χ0v) is 10.5. The molecule has 90 valence electrons. The molecular weight excluding hydrogens is 236 g/mol. The maximum atomic E-state index is 6.12. The molecule has 0 atom stereocenters. The van der Waals surface area contributed by atoms with Crippen LogP contribution in [0.25, 0.3) is 0 Å². The van der Waals surface area contributed by atoms with Crippen molar-refractivity contribution < 1.29 is 0 Å². The smallest absolute Gasteiger partial charge is 0.126 e. The van der Waals surface area contributed by atoms with Crippen LogP contribution in [0.3, 0.4) is 0 Å². The quantitative estimate of drug-likeness (QED) is 0.887. The lowest BCUT2D eigenvalue weighted by atomic mass is 10.3. The standard InChI is InChI=1S/C12H15ClN4/c1-2-5-15-12-4-3-10(13)11(16-12)8-17-7-6-14-9-17/h3-4,6-7,9H,2,5,8H2,1H3,(H,15,16). The molecule has 0 aliphatic carbocycles. The van der Waals surface area contributed by atoms with E-state index >= 15 is 0 Å². The van der Waals surface area contributed by atoms with Crippen LogP contribution >= 0.6 is 11.6 Å². The summed E-state index contributed by atoms with van der Waals surface area (Å²) in [5.74, 6) is 0.867. The molecule has 0 bridgehead atoms. The molecule has 0 unspecified atom stereocenters. The van der Waals surface area contributed by atoms with Gasteiger partial charge in [-0.05, 0) is 18.6 Å². The van der Waals surface area contributed by atoms with Crippen molar-refractivity contribution in [1.29, 1.82) is 0 Å². The van der Waals surface area contributed by atoms with E-state index in [1.165, 1.54) is 0 Å². The molecule has 0 aliphatic rings. The second-order valence-electron chi connectivity index (χ2n) is 3.79. The molecule has 4 nitrogen and oxygen atoms in total. The van der Waals surface area contributed by atoms with Gasteiger partial charge in [0, 0.05) is 18.9 Å². The van der Waals surface area contributed by atoms with Crippen molar-refractivity contribution in [1.82, 2.24) is 14.5 Å². The molecule has 0 aromatic carbocycles. The van der Waals surface area contributed by atoms with E-state index in [0.717, 1.165) is 24.5 Å². The lowest BCUT2D eigenvalue weighted by Crippen LogP contribution is -2.06.